The molecule has 0 radical (unpaired) electrons. The molecule has 15 heteroatoms. The van der Waals surface area contributed by atoms with Crippen molar-refractivity contribution in [1.29, 1.82) is 10.0 Å². The zero-order valence-corrected chi connectivity index (χ0v) is 23.4. The Hall–Kier alpha value is -3.77. The number of anilines is 3. The van der Waals surface area contributed by atoms with E-state index in [4.69, 9.17) is 21.6 Å². The Morgan fingerprint density at radius 3 is 2.33 bits per heavy atom. The van der Waals surface area contributed by atoms with Gasteiger partial charge in [-0.1, -0.05) is 23.7 Å². The zero-order chi connectivity index (χ0) is 28.4. The van der Waals surface area contributed by atoms with Gasteiger partial charge in [0.05, 0.1) is 22.4 Å². The fourth-order valence-electron chi connectivity index (χ4n) is 3.94. The second kappa shape index (κ2) is 11.1. The Bertz CT molecular complexity index is 1650. The molecule has 1 aliphatic rings. The fourth-order valence-corrected chi connectivity index (χ4v) is 6.11. The largest absolute Gasteiger partial charge is 0.338 e. The van der Waals surface area contributed by atoms with Crippen LogP contribution in [0.15, 0.2) is 59.5 Å². The highest BCUT2D eigenvalue weighted by Crippen LogP contribution is 2.25. The third-order valence-corrected chi connectivity index (χ3v) is 9.49. The Balaban J connectivity index is 1.44. The average molecular weight is 589 g/mol. The van der Waals surface area contributed by atoms with Crippen molar-refractivity contribution in [3.05, 3.63) is 71.0 Å². The van der Waals surface area contributed by atoms with E-state index in [-0.39, 0.29) is 27.0 Å². The highest BCUT2D eigenvalue weighted by atomic mass is 35.5. The van der Waals surface area contributed by atoms with E-state index < -0.39 is 25.8 Å². The number of halogens is 1. The van der Waals surface area contributed by atoms with E-state index in [1.54, 1.807) is 28.6 Å². The number of carbonyl (C=O) groups is 1. The van der Waals surface area contributed by atoms with Crippen LogP contribution >= 0.6 is 11.6 Å². The van der Waals surface area contributed by atoms with Crippen LogP contribution in [0.2, 0.25) is 5.15 Å². The molecular weight excluding hydrogens is 564 g/mol. The van der Waals surface area contributed by atoms with Gasteiger partial charge in [-0.15, -0.1) is 0 Å². The lowest BCUT2D eigenvalue weighted by atomic mass is 10.1. The van der Waals surface area contributed by atoms with Crippen molar-refractivity contribution in [1.82, 2.24) is 14.3 Å². The summed E-state index contributed by atoms with van der Waals surface area (Å²) in [6.07, 6.45) is 1.05. The number of carbonyl (C=O) groups excluding carboxylic acids is 1. The van der Waals surface area contributed by atoms with Crippen LogP contribution in [0.3, 0.4) is 0 Å². The van der Waals surface area contributed by atoms with E-state index in [2.05, 4.69) is 15.3 Å². The molecule has 0 saturated carbocycles. The van der Waals surface area contributed by atoms with Gasteiger partial charge in [0.2, 0.25) is 16.0 Å². The van der Waals surface area contributed by atoms with Crippen LogP contribution in [0, 0.1) is 16.1 Å². The second-order valence-electron chi connectivity index (χ2n) is 8.66. The monoisotopic (exact) mass is 588 g/mol. The van der Waals surface area contributed by atoms with E-state index in [0.29, 0.717) is 37.8 Å². The van der Waals surface area contributed by atoms with Crippen molar-refractivity contribution < 1.29 is 17.4 Å². The van der Waals surface area contributed by atoms with E-state index in [9.17, 15) is 17.4 Å². The molecule has 3 aromatic rings. The van der Waals surface area contributed by atoms with Gasteiger partial charge in [0.1, 0.15) is 26.8 Å². The molecule has 1 fully saturated rings. The summed E-state index contributed by atoms with van der Waals surface area (Å²) in [5, 5.41) is 12.0. The van der Waals surface area contributed by atoms with E-state index in [1.165, 1.54) is 37.4 Å². The molecule has 0 aliphatic carbocycles. The number of nitrogens with zero attached hydrogens (tertiary/aromatic N) is 6. The predicted octanol–water partition coefficient (Wildman–Crippen LogP) is 2.79. The quantitative estimate of drug-likeness (QED) is 0.398. The topological polar surface area (TPSA) is 163 Å². The van der Waals surface area contributed by atoms with Gasteiger partial charge in [-0.2, -0.15) is 5.26 Å². The van der Waals surface area contributed by atoms with Crippen molar-refractivity contribution >= 4 is 54.8 Å². The lowest BCUT2D eigenvalue weighted by Gasteiger charge is -2.35. The molecule has 0 spiro atoms. The first-order chi connectivity index (χ1) is 18.4. The summed E-state index contributed by atoms with van der Waals surface area (Å²) in [6, 6.07) is 15.8. The van der Waals surface area contributed by atoms with Crippen molar-refractivity contribution in [3.63, 3.8) is 0 Å². The van der Waals surface area contributed by atoms with Gasteiger partial charge in [-0.25, -0.2) is 31.7 Å². The fraction of sp³-hybridized carbons (Fsp3) is 0.250. The minimum absolute atomic E-state index is 0.148. The maximum absolute atomic E-state index is 13.4. The van der Waals surface area contributed by atoms with Gasteiger partial charge in [-0.3, -0.25) is 9.10 Å². The predicted molar refractivity (Wildman–Crippen MR) is 149 cm³/mol. The van der Waals surface area contributed by atoms with Crippen LogP contribution in [0.25, 0.3) is 0 Å². The number of sulfonamides is 1. The van der Waals surface area contributed by atoms with Crippen molar-refractivity contribution in [2.45, 2.75) is 4.90 Å². The number of para-hydroxylation sites is 1. The molecule has 204 valence electrons. The maximum atomic E-state index is 13.4. The second-order valence-corrected chi connectivity index (χ2v) is 13.1. The van der Waals surface area contributed by atoms with Gasteiger partial charge in [0.25, 0.3) is 5.91 Å². The summed E-state index contributed by atoms with van der Waals surface area (Å²) in [5.41, 5.74) is 0.943. The summed E-state index contributed by atoms with van der Waals surface area (Å²) < 4.78 is 48.6. The summed E-state index contributed by atoms with van der Waals surface area (Å²) in [7, 11) is -5.53. The van der Waals surface area contributed by atoms with Crippen LogP contribution in [0.1, 0.15) is 16.1 Å². The number of nitrogens with one attached hydrogen (secondary N) is 2. The number of nitriles is 1. The molecule has 12 nitrogen and oxygen atoms in total. The standard InChI is InChI=1S/C24H25ClN8O4S2/c1-31(38(2,35)36)21-6-4-3-5-20(21)23(34)28-17-7-9-19(10-8-17)39(27,37)33-13-11-32(12-14-33)24-29-18(16-26)15-22(25)30-24/h3-10,15,27H,11-14H2,1-2H3,(H,28,34)/t39-/m1/s1. The number of hydrogen-bond donors (Lipinski definition) is 2. The van der Waals surface area contributed by atoms with Gasteiger partial charge in [-0.05, 0) is 36.4 Å². The minimum atomic E-state index is -3.57. The lowest BCUT2D eigenvalue weighted by molar-refractivity contribution is 0.102. The van der Waals surface area contributed by atoms with Crippen LogP contribution in [0.5, 0.6) is 0 Å². The Morgan fingerprint density at radius 1 is 1.08 bits per heavy atom. The molecule has 2 heterocycles. The Kier molecular flexibility index (Phi) is 8.07. The minimum Gasteiger partial charge on any atom is -0.338 e. The zero-order valence-electron chi connectivity index (χ0n) is 21.0. The first-order valence-electron chi connectivity index (χ1n) is 11.6. The van der Waals surface area contributed by atoms with E-state index in [1.807, 2.05) is 11.0 Å². The molecular formula is C24H25ClN8O4S2. The smallest absolute Gasteiger partial charge is 0.257 e. The number of hydrogen-bond acceptors (Lipinski definition) is 9. The van der Waals surface area contributed by atoms with Gasteiger partial charge < -0.3 is 10.2 Å². The first kappa shape index (κ1) is 28.2. The number of rotatable bonds is 7. The Morgan fingerprint density at radius 2 is 1.72 bits per heavy atom. The number of amides is 1. The summed E-state index contributed by atoms with van der Waals surface area (Å²) >= 11 is 5.98. The molecule has 1 amide bonds. The van der Waals surface area contributed by atoms with Gasteiger partial charge in [0.15, 0.2) is 0 Å². The molecule has 2 N–H and O–H groups in total. The molecule has 0 bridgehead atoms. The first-order valence-corrected chi connectivity index (χ1v) is 15.3. The van der Waals surface area contributed by atoms with Crippen molar-refractivity contribution in [3.8, 4) is 6.07 Å². The van der Waals surface area contributed by atoms with Crippen LogP contribution in [-0.2, 0) is 19.9 Å². The van der Waals surface area contributed by atoms with Crippen LogP contribution in [0.4, 0.5) is 17.3 Å². The normalized spacial score (nSPS) is 15.7. The van der Waals surface area contributed by atoms with E-state index in [0.717, 1.165) is 10.6 Å². The molecule has 39 heavy (non-hydrogen) atoms. The summed E-state index contributed by atoms with van der Waals surface area (Å²) in [4.78, 5) is 23.3. The maximum Gasteiger partial charge on any atom is 0.257 e. The molecule has 4 rings (SSSR count). The summed E-state index contributed by atoms with van der Waals surface area (Å²) in [6.45, 7) is 1.36. The third-order valence-electron chi connectivity index (χ3n) is 6.10. The van der Waals surface area contributed by atoms with Crippen LogP contribution in [-0.4, -0.2) is 72.3 Å². The number of aromatic nitrogens is 2. The average Bonchev–Trinajstić information content (AvgIpc) is 2.92. The SMILES string of the molecule is CN(c1ccccc1C(=O)Nc1ccc([S@](=N)(=O)N2CCN(c3nc(Cl)cc(C#N)n3)CC2)cc1)S(C)(=O)=O. The summed E-state index contributed by atoms with van der Waals surface area (Å²) in [5.74, 6) is -0.209. The van der Waals surface area contributed by atoms with Gasteiger partial charge in [0, 0.05) is 45.0 Å². The molecule has 1 aromatic heterocycles. The third kappa shape index (κ3) is 6.28. The lowest BCUT2D eigenvalue weighted by Crippen LogP contribution is -2.48. The molecule has 1 aliphatic heterocycles. The van der Waals surface area contributed by atoms with Crippen molar-refractivity contribution in [2.24, 2.45) is 0 Å². The van der Waals surface area contributed by atoms with Crippen molar-refractivity contribution in [2.75, 3.05) is 54.0 Å². The molecule has 0 unspecified atom stereocenters. The Labute approximate surface area is 232 Å². The number of benzene rings is 2. The number of piperazine rings is 1. The van der Waals surface area contributed by atoms with Gasteiger partial charge >= 0.3 is 0 Å². The molecule has 1 atom stereocenters. The highest BCUT2D eigenvalue weighted by Gasteiger charge is 2.27. The highest BCUT2D eigenvalue weighted by molar-refractivity contribution is 7.92. The van der Waals surface area contributed by atoms with Crippen LogP contribution < -0.4 is 14.5 Å². The molecule has 2 aromatic carbocycles. The molecule has 1 saturated heterocycles. The van der Waals surface area contributed by atoms with E-state index >= 15 is 0 Å².